The number of benzene rings is 2. The van der Waals surface area contributed by atoms with E-state index in [1.807, 2.05) is 53.4 Å². The van der Waals surface area contributed by atoms with Crippen molar-refractivity contribution < 1.29 is 9.53 Å². The SMILES string of the molecule is COc1ccc(Nc2ccccc2C(=O)N2CCC(c3nc(C4CC4)n[nH]3)CC2)cc1. The summed E-state index contributed by atoms with van der Waals surface area (Å²) in [6.45, 7) is 1.44. The molecule has 1 aromatic heterocycles. The third-order valence-electron chi connectivity index (χ3n) is 6.16. The van der Waals surface area contributed by atoms with E-state index in [0.717, 1.165) is 54.7 Å². The van der Waals surface area contributed by atoms with Gasteiger partial charge in [0.15, 0.2) is 5.82 Å². The van der Waals surface area contributed by atoms with Gasteiger partial charge < -0.3 is 15.0 Å². The van der Waals surface area contributed by atoms with Crippen LogP contribution in [0.3, 0.4) is 0 Å². The zero-order valence-corrected chi connectivity index (χ0v) is 17.7. The van der Waals surface area contributed by atoms with Crippen LogP contribution in [0.4, 0.5) is 11.4 Å². The summed E-state index contributed by atoms with van der Waals surface area (Å²) in [5.74, 6) is 3.71. The molecule has 0 bridgehead atoms. The summed E-state index contributed by atoms with van der Waals surface area (Å²) in [5, 5.41) is 10.9. The number of amides is 1. The molecule has 3 aromatic rings. The minimum absolute atomic E-state index is 0.0614. The molecule has 5 rings (SSSR count). The summed E-state index contributed by atoms with van der Waals surface area (Å²) in [6, 6.07) is 15.4. The number of nitrogens with zero attached hydrogens (tertiary/aromatic N) is 3. The van der Waals surface area contributed by atoms with Crippen LogP contribution in [0.15, 0.2) is 48.5 Å². The van der Waals surface area contributed by atoms with Crippen LogP contribution in [0.5, 0.6) is 5.75 Å². The molecule has 7 heteroatoms. The van der Waals surface area contributed by atoms with E-state index in [1.54, 1.807) is 7.11 Å². The smallest absolute Gasteiger partial charge is 0.255 e. The van der Waals surface area contributed by atoms with Crippen molar-refractivity contribution in [1.29, 1.82) is 0 Å². The van der Waals surface area contributed by atoms with Gasteiger partial charge in [0, 0.05) is 30.6 Å². The molecular weight excluding hydrogens is 390 g/mol. The lowest BCUT2D eigenvalue weighted by Gasteiger charge is -2.31. The highest BCUT2D eigenvalue weighted by Crippen LogP contribution is 2.38. The molecule has 31 heavy (non-hydrogen) atoms. The van der Waals surface area contributed by atoms with Gasteiger partial charge in [-0.2, -0.15) is 5.10 Å². The number of methoxy groups -OCH3 is 1. The predicted molar refractivity (Wildman–Crippen MR) is 119 cm³/mol. The molecule has 2 aromatic carbocycles. The Hall–Kier alpha value is -3.35. The van der Waals surface area contributed by atoms with Crippen molar-refractivity contribution in [2.75, 3.05) is 25.5 Å². The Bertz CT molecular complexity index is 1050. The van der Waals surface area contributed by atoms with Crippen molar-refractivity contribution >= 4 is 17.3 Å². The number of nitrogens with one attached hydrogen (secondary N) is 2. The van der Waals surface area contributed by atoms with Crippen molar-refractivity contribution in [3.63, 3.8) is 0 Å². The molecule has 0 radical (unpaired) electrons. The number of para-hydroxylation sites is 1. The Kier molecular flexibility index (Phi) is 5.32. The highest BCUT2D eigenvalue weighted by molar-refractivity contribution is 6.00. The molecular formula is C24H27N5O2. The number of aromatic amines is 1. The van der Waals surface area contributed by atoms with Crippen LogP contribution in [0.25, 0.3) is 0 Å². The first kappa shape index (κ1) is 19.6. The standard InChI is InChI=1S/C24H27N5O2/c1-31-19-10-8-18(9-11-19)25-21-5-3-2-4-20(21)24(30)29-14-12-17(13-15-29)23-26-22(27-28-23)16-6-7-16/h2-5,8-11,16-17,25H,6-7,12-15H2,1H3,(H,26,27,28). The van der Waals surface area contributed by atoms with E-state index >= 15 is 0 Å². The molecule has 0 unspecified atom stereocenters. The van der Waals surface area contributed by atoms with E-state index in [9.17, 15) is 4.79 Å². The summed E-state index contributed by atoms with van der Waals surface area (Å²) in [5.41, 5.74) is 2.41. The number of ether oxygens (including phenoxy) is 1. The van der Waals surface area contributed by atoms with Gasteiger partial charge >= 0.3 is 0 Å². The quantitative estimate of drug-likeness (QED) is 0.619. The number of hydrogen-bond donors (Lipinski definition) is 2. The van der Waals surface area contributed by atoms with Crippen molar-refractivity contribution in [2.45, 2.75) is 37.5 Å². The Morgan fingerprint density at radius 3 is 2.48 bits per heavy atom. The van der Waals surface area contributed by atoms with Gasteiger partial charge in [-0.3, -0.25) is 9.89 Å². The van der Waals surface area contributed by atoms with Gasteiger partial charge in [-0.15, -0.1) is 0 Å². The van der Waals surface area contributed by atoms with Gasteiger partial charge in [-0.25, -0.2) is 4.98 Å². The van der Waals surface area contributed by atoms with Crippen LogP contribution in [0.1, 0.15) is 59.5 Å². The number of anilines is 2. The van der Waals surface area contributed by atoms with E-state index in [-0.39, 0.29) is 5.91 Å². The Morgan fingerprint density at radius 1 is 1.03 bits per heavy atom. The summed E-state index contributed by atoms with van der Waals surface area (Å²) in [7, 11) is 1.65. The van der Waals surface area contributed by atoms with Crippen LogP contribution >= 0.6 is 0 Å². The molecule has 1 saturated heterocycles. The van der Waals surface area contributed by atoms with Gasteiger partial charge in [0.25, 0.3) is 5.91 Å². The Balaban J connectivity index is 1.25. The number of carbonyl (C=O) groups excluding carboxylic acids is 1. The lowest BCUT2D eigenvalue weighted by atomic mass is 9.95. The molecule has 0 spiro atoms. The number of aromatic nitrogens is 3. The molecule has 2 fully saturated rings. The third-order valence-corrected chi connectivity index (χ3v) is 6.16. The first-order chi connectivity index (χ1) is 15.2. The highest BCUT2D eigenvalue weighted by Gasteiger charge is 2.31. The summed E-state index contributed by atoms with van der Waals surface area (Å²) >= 11 is 0. The zero-order chi connectivity index (χ0) is 21.2. The predicted octanol–water partition coefficient (Wildman–Crippen LogP) is 4.45. The van der Waals surface area contributed by atoms with Crippen LogP contribution in [0, 0.1) is 0 Å². The van der Waals surface area contributed by atoms with Crippen LogP contribution in [0.2, 0.25) is 0 Å². The van der Waals surface area contributed by atoms with Crippen molar-refractivity contribution in [3.05, 3.63) is 65.7 Å². The second-order valence-electron chi connectivity index (χ2n) is 8.32. The first-order valence-corrected chi connectivity index (χ1v) is 10.9. The lowest BCUT2D eigenvalue weighted by Crippen LogP contribution is -2.38. The normalized spacial score (nSPS) is 16.9. The zero-order valence-electron chi connectivity index (χ0n) is 17.7. The number of likely N-dealkylation sites (tertiary alicyclic amines) is 1. The van der Waals surface area contributed by atoms with E-state index in [2.05, 4.69) is 15.5 Å². The maximum Gasteiger partial charge on any atom is 0.255 e. The first-order valence-electron chi connectivity index (χ1n) is 10.9. The largest absolute Gasteiger partial charge is 0.497 e. The topological polar surface area (TPSA) is 83.1 Å². The average Bonchev–Trinajstić information content (AvgIpc) is 3.56. The molecule has 160 valence electrons. The Labute approximate surface area is 181 Å². The van der Waals surface area contributed by atoms with Gasteiger partial charge in [-0.1, -0.05) is 12.1 Å². The molecule has 2 N–H and O–H groups in total. The summed E-state index contributed by atoms with van der Waals surface area (Å²) < 4.78 is 5.22. The number of H-pyrrole nitrogens is 1. The van der Waals surface area contributed by atoms with Gasteiger partial charge in [0.2, 0.25) is 0 Å². The molecule has 1 aliphatic carbocycles. The van der Waals surface area contributed by atoms with Gasteiger partial charge in [0.1, 0.15) is 11.6 Å². The molecule has 1 amide bonds. The van der Waals surface area contributed by atoms with E-state index in [4.69, 9.17) is 9.72 Å². The molecule has 1 saturated carbocycles. The van der Waals surface area contributed by atoms with Crippen molar-refractivity contribution in [1.82, 2.24) is 20.1 Å². The molecule has 7 nitrogen and oxygen atoms in total. The number of rotatable bonds is 6. The summed E-state index contributed by atoms with van der Waals surface area (Å²) in [4.78, 5) is 19.9. The van der Waals surface area contributed by atoms with E-state index < -0.39 is 0 Å². The lowest BCUT2D eigenvalue weighted by molar-refractivity contribution is 0.0712. The monoisotopic (exact) mass is 417 g/mol. The minimum atomic E-state index is 0.0614. The van der Waals surface area contributed by atoms with Crippen LogP contribution < -0.4 is 10.1 Å². The highest BCUT2D eigenvalue weighted by atomic mass is 16.5. The maximum absolute atomic E-state index is 13.3. The molecule has 1 aliphatic heterocycles. The summed E-state index contributed by atoms with van der Waals surface area (Å²) in [6.07, 6.45) is 4.21. The van der Waals surface area contributed by atoms with Crippen molar-refractivity contribution in [2.24, 2.45) is 0 Å². The molecule has 0 atom stereocenters. The number of piperidine rings is 1. The fourth-order valence-electron chi connectivity index (χ4n) is 4.13. The fraction of sp³-hybridized carbons (Fsp3) is 0.375. The van der Waals surface area contributed by atoms with Gasteiger partial charge in [-0.05, 0) is 62.1 Å². The Morgan fingerprint density at radius 2 is 1.77 bits per heavy atom. The second-order valence-corrected chi connectivity index (χ2v) is 8.32. The minimum Gasteiger partial charge on any atom is -0.497 e. The maximum atomic E-state index is 13.3. The van der Waals surface area contributed by atoms with Gasteiger partial charge in [0.05, 0.1) is 18.4 Å². The van der Waals surface area contributed by atoms with Crippen LogP contribution in [-0.4, -0.2) is 46.2 Å². The number of hydrogen-bond acceptors (Lipinski definition) is 5. The molecule has 2 heterocycles. The third kappa shape index (κ3) is 4.26. The van der Waals surface area contributed by atoms with E-state index in [0.29, 0.717) is 17.4 Å². The van der Waals surface area contributed by atoms with E-state index in [1.165, 1.54) is 12.8 Å². The van der Waals surface area contributed by atoms with Crippen molar-refractivity contribution in [3.8, 4) is 5.75 Å². The fourth-order valence-corrected chi connectivity index (χ4v) is 4.13. The van der Waals surface area contributed by atoms with Crippen LogP contribution in [-0.2, 0) is 0 Å². The second kappa shape index (κ2) is 8.41. The average molecular weight is 418 g/mol. The molecule has 2 aliphatic rings. The number of carbonyl (C=O) groups is 1.